The minimum absolute atomic E-state index is 0.0111. The molecule has 0 saturated carbocycles. The van der Waals surface area contributed by atoms with E-state index in [1.165, 1.54) is 0 Å². The normalized spacial score (nSPS) is 20.6. The van der Waals surface area contributed by atoms with Gasteiger partial charge in [-0.2, -0.15) is 0 Å². The Labute approximate surface area is 124 Å². The van der Waals surface area contributed by atoms with Crippen molar-refractivity contribution in [2.75, 3.05) is 26.2 Å². The highest BCUT2D eigenvalue weighted by atomic mass is 16.4. The van der Waals surface area contributed by atoms with Gasteiger partial charge in [-0.1, -0.05) is 0 Å². The number of urea groups is 1. The van der Waals surface area contributed by atoms with Crippen LogP contribution in [0.5, 0.6) is 0 Å². The Kier molecular flexibility index (Phi) is 4.39. The number of carbonyl (C=O) groups excluding carboxylic acids is 2. The number of nitrogens with zero attached hydrogens (tertiary/aromatic N) is 2. The number of carbonyl (C=O) groups is 3. The van der Waals surface area contributed by atoms with Crippen molar-refractivity contribution in [1.29, 1.82) is 0 Å². The van der Waals surface area contributed by atoms with Gasteiger partial charge < -0.3 is 20.2 Å². The van der Waals surface area contributed by atoms with Gasteiger partial charge in [0.05, 0.1) is 5.41 Å². The molecule has 0 bridgehead atoms. The predicted octanol–water partition coefficient (Wildman–Crippen LogP) is 0.504. The van der Waals surface area contributed by atoms with Crippen LogP contribution in [0.1, 0.15) is 33.1 Å². The van der Waals surface area contributed by atoms with E-state index in [1.807, 2.05) is 4.90 Å². The van der Waals surface area contributed by atoms with Crippen molar-refractivity contribution in [2.45, 2.75) is 39.2 Å². The predicted molar refractivity (Wildman–Crippen MR) is 75.7 cm³/mol. The molecular formula is C14H23N3O4. The Morgan fingerprint density at radius 2 is 1.90 bits per heavy atom. The summed E-state index contributed by atoms with van der Waals surface area (Å²) in [4.78, 5) is 38.4. The van der Waals surface area contributed by atoms with Crippen LogP contribution in [-0.4, -0.2) is 65.0 Å². The van der Waals surface area contributed by atoms with Gasteiger partial charge >= 0.3 is 12.0 Å². The molecule has 7 heteroatoms. The van der Waals surface area contributed by atoms with Crippen molar-refractivity contribution in [2.24, 2.45) is 5.41 Å². The molecule has 0 aromatic heterocycles. The molecule has 2 aliphatic heterocycles. The fourth-order valence-corrected chi connectivity index (χ4v) is 2.83. The van der Waals surface area contributed by atoms with Crippen LogP contribution in [0, 0.1) is 5.41 Å². The summed E-state index contributed by atoms with van der Waals surface area (Å²) in [5, 5.41) is 11.9. The molecule has 2 saturated heterocycles. The number of rotatable bonds is 4. The largest absolute Gasteiger partial charge is 0.481 e. The van der Waals surface area contributed by atoms with Crippen LogP contribution in [-0.2, 0) is 9.59 Å². The van der Waals surface area contributed by atoms with E-state index < -0.39 is 11.4 Å². The first-order valence-corrected chi connectivity index (χ1v) is 7.37. The second-order valence-electron chi connectivity index (χ2n) is 6.40. The molecule has 2 rings (SSSR count). The molecule has 118 valence electrons. The van der Waals surface area contributed by atoms with Crippen LogP contribution in [0.15, 0.2) is 0 Å². The zero-order chi connectivity index (χ0) is 15.6. The number of aliphatic carboxylic acids is 1. The van der Waals surface area contributed by atoms with E-state index in [2.05, 4.69) is 5.32 Å². The maximum atomic E-state index is 12.2. The molecule has 0 radical (unpaired) electrons. The first-order valence-electron chi connectivity index (χ1n) is 7.37. The molecule has 0 spiro atoms. The average Bonchev–Trinajstić information content (AvgIpc) is 2.84. The first-order chi connectivity index (χ1) is 9.81. The van der Waals surface area contributed by atoms with E-state index in [-0.39, 0.29) is 24.4 Å². The second-order valence-corrected chi connectivity index (χ2v) is 6.40. The third kappa shape index (κ3) is 3.46. The standard InChI is InChI=1S/C14H23N3O4/c1-14(2,12(19)20)9-11(18)16-6-3-10(4-7-16)17-8-5-15-13(17)21/h10H,3-9H2,1-2H3,(H,15,21)(H,19,20). The van der Waals surface area contributed by atoms with Gasteiger partial charge in [-0.25, -0.2) is 4.79 Å². The van der Waals surface area contributed by atoms with Crippen LogP contribution < -0.4 is 5.32 Å². The van der Waals surface area contributed by atoms with E-state index in [1.54, 1.807) is 18.7 Å². The number of hydrogen-bond acceptors (Lipinski definition) is 3. The molecule has 0 aliphatic carbocycles. The van der Waals surface area contributed by atoms with Gasteiger partial charge in [0, 0.05) is 38.6 Å². The molecule has 21 heavy (non-hydrogen) atoms. The van der Waals surface area contributed by atoms with Gasteiger partial charge in [0.15, 0.2) is 0 Å². The molecule has 7 nitrogen and oxygen atoms in total. The molecule has 0 atom stereocenters. The number of hydrogen-bond donors (Lipinski definition) is 2. The first kappa shape index (κ1) is 15.6. The van der Waals surface area contributed by atoms with Gasteiger partial charge in [-0.3, -0.25) is 9.59 Å². The highest BCUT2D eigenvalue weighted by molar-refractivity contribution is 5.84. The summed E-state index contributed by atoms with van der Waals surface area (Å²) in [6, 6.07) is 0.163. The van der Waals surface area contributed by atoms with Crippen LogP contribution in [0.25, 0.3) is 0 Å². The van der Waals surface area contributed by atoms with E-state index >= 15 is 0 Å². The van der Waals surface area contributed by atoms with Gasteiger partial charge in [0.1, 0.15) is 0 Å². The lowest BCUT2D eigenvalue weighted by Crippen LogP contribution is -2.48. The average molecular weight is 297 g/mol. The number of amides is 3. The van der Waals surface area contributed by atoms with Crippen LogP contribution in [0.3, 0.4) is 0 Å². The molecule has 0 aromatic carbocycles. The maximum absolute atomic E-state index is 12.2. The summed E-state index contributed by atoms with van der Waals surface area (Å²) in [5.74, 6) is -1.08. The van der Waals surface area contributed by atoms with Crippen LogP contribution in [0.2, 0.25) is 0 Å². The molecule has 2 aliphatic rings. The second kappa shape index (κ2) is 5.91. The smallest absolute Gasteiger partial charge is 0.317 e. The zero-order valence-electron chi connectivity index (χ0n) is 12.6. The molecule has 2 N–H and O–H groups in total. The summed E-state index contributed by atoms with van der Waals surface area (Å²) in [7, 11) is 0. The number of carboxylic acids is 1. The van der Waals surface area contributed by atoms with Crippen LogP contribution >= 0.6 is 0 Å². The minimum Gasteiger partial charge on any atom is -0.481 e. The van der Waals surface area contributed by atoms with Gasteiger partial charge in [-0.05, 0) is 26.7 Å². The maximum Gasteiger partial charge on any atom is 0.317 e. The van der Waals surface area contributed by atoms with Crippen molar-refractivity contribution in [3.8, 4) is 0 Å². The number of piperidine rings is 1. The Balaban J connectivity index is 1.85. The monoisotopic (exact) mass is 297 g/mol. The summed E-state index contributed by atoms with van der Waals surface area (Å²) in [6.45, 7) is 5.71. The summed E-state index contributed by atoms with van der Waals surface area (Å²) in [5.41, 5.74) is -1.04. The SMILES string of the molecule is CC(C)(CC(=O)N1CCC(N2CCNC2=O)CC1)C(=O)O. The number of likely N-dealkylation sites (tertiary alicyclic amines) is 1. The van der Waals surface area contributed by atoms with E-state index in [0.29, 0.717) is 19.6 Å². The van der Waals surface area contributed by atoms with E-state index in [0.717, 1.165) is 19.4 Å². The highest BCUT2D eigenvalue weighted by Crippen LogP contribution is 2.24. The number of carboxylic acid groups (broad SMARTS) is 1. The molecule has 0 aromatic rings. The molecule has 0 unspecified atom stereocenters. The fourth-order valence-electron chi connectivity index (χ4n) is 2.83. The Morgan fingerprint density at radius 1 is 1.29 bits per heavy atom. The Morgan fingerprint density at radius 3 is 2.38 bits per heavy atom. The third-order valence-electron chi connectivity index (χ3n) is 4.32. The lowest BCUT2D eigenvalue weighted by Gasteiger charge is -2.37. The third-order valence-corrected chi connectivity index (χ3v) is 4.32. The quantitative estimate of drug-likeness (QED) is 0.791. The van der Waals surface area contributed by atoms with Gasteiger partial charge in [-0.15, -0.1) is 0 Å². The molecule has 3 amide bonds. The fraction of sp³-hybridized carbons (Fsp3) is 0.786. The van der Waals surface area contributed by atoms with Gasteiger partial charge in [0.25, 0.3) is 0 Å². The Bertz CT molecular complexity index is 442. The Hall–Kier alpha value is -1.79. The van der Waals surface area contributed by atoms with Crippen molar-refractivity contribution in [1.82, 2.24) is 15.1 Å². The summed E-state index contributed by atoms with van der Waals surface area (Å²) < 4.78 is 0. The van der Waals surface area contributed by atoms with Crippen molar-refractivity contribution >= 4 is 17.9 Å². The minimum atomic E-state index is -1.04. The highest BCUT2D eigenvalue weighted by Gasteiger charge is 2.35. The lowest BCUT2D eigenvalue weighted by atomic mass is 9.88. The molecule has 2 fully saturated rings. The lowest BCUT2D eigenvalue weighted by molar-refractivity contribution is -0.151. The van der Waals surface area contributed by atoms with Crippen molar-refractivity contribution < 1.29 is 19.5 Å². The summed E-state index contributed by atoms with van der Waals surface area (Å²) >= 11 is 0. The molecule has 2 heterocycles. The molecular weight excluding hydrogens is 274 g/mol. The van der Waals surface area contributed by atoms with Crippen molar-refractivity contribution in [3.63, 3.8) is 0 Å². The van der Waals surface area contributed by atoms with E-state index in [4.69, 9.17) is 5.11 Å². The van der Waals surface area contributed by atoms with E-state index in [9.17, 15) is 14.4 Å². The van der Waals surface area contributed by atoms with Gasteiger partial charge in [0.2, 0.25) is 5.91 Å². The van der Waals surface area contributed by atoms with Crippen LogP contribution in [0.4, 0.5) is 4.79 Å². The summed E-state index contributed by atoms with van der Waals surface area (Å²) in [6.07, 6.45) is 1.52. The number of nitrogens with one attached hydrogen (secondary N) is 1. The topological polar surface area (TPSA) is 90.0 Å². The van der Waals surface area contributed by atoms with Crippen molar-refractivity contribution in [3.05, 3.63) is 0 Å². The zero-order valence-corrected chi connectivity index (χ0v) is 12.6.